The number of hydrogen-bond donors (Lipinski definition) is 0. The molecule has 0 saturated heterocycles. The number of hydrogen-bond acceptors (Lipinski definition) is 3. The molecular formula is C11H14N2O2S. The van der Waals surface area contributed by atoms with Crippen LogP contribution in [0.4, 0.5) is 5.69 Å². The van der Waals surface area contributed by atoms with Crippen molar-refractivity contribution in [2.45, 2.75) is 13.3 Å². The zero-order valence-corrected chi connectivity index (χ0v) is 10.2. The van der Waals surface area contributed by atoms with Crippen LogP contribution in [0.15, 0.2) is 24.3 Å². The van der Waals surface area contributed by atoms with Crippen LogP contribution in [0.1, 0.15) is 12.5 Å². The molecule has 0 fully saturated rings. The first kappa shape index (κ1) is 12.5. The molecule has 0 aromatic heterocycles. The first-order chi connectivity index (χ1) is 7.51. The molecule has 1 aromatic rings. The van der Waals surface area contributed by atoms with Crippen LogP contribution in [0.5, 0.6) is 0 Å². The third-order valence-corrected chi connectivity index (χ3v) is 3.91. The molecule has 4 nitrogen and oxygen atoms in total. The number of sulfonamides is 1. The van der Waals surface area contributed by atoms with Crippen molar-refractivity contribution in [3.05, 3.63) is 29.8 Å². The first-order valence-corrected chi connectivity index (χ1v) is 6.54. The SMILES string of the molecule is CCc1ccc(N(C)S(=O)(=O)CC#N)cc1. The predicted molar refractivity (Wildman–Crippen MR) is 63.6 cm³/mol. The molecule has 0 bridgehead atoms. The molecular weight excluding hydrogens is 224 g/mol. The lowest BCUT2D eigenvalue weighted by atomic mass is 10.1. The molecule has 0 heterocycles. The van der Waals surface area contributed by atoms with Crippen LogP contribution < -0.4 is 4.31 Å². The minimum absolute atomic E-state index is 0.501. The average molecular weight is 238 g/mol. The van der Waals surface area contributed by atoms with Crippen LogP contribution in [-0.2, 0) is 16.4 Å². The number of nitrogens with zero attached hydrogens (tertiary/aromatic N) is 2. The largest absolute Gasteiger partial charge is 0.272 e. The maximum atomic E-state index is 11.6. The second kappa shape index (κ2) is 4.99. The van der Waals surface area contributed by atoms with Gasteiger partial charge in [0.15, 0.2) is 5.75 Å². The topological polar surface area (TPSA) is 61.2 Å². The van der Waals surface area contributed by atoms with Gasteiger partial charge < -0.3 is 0 Å². The average Bonchev–Trinajstić information content (AvgIpc) is 2.28. The maximum Gasteiger partial charge on any atom is 0.248 e. The Hall–Kier alpha value is -1.54. The lowest BCUT2D eigenvalue weighted by molar-refractivity contribution is 0.597. The maximum absolute atomic E-state index is 11.6. The molecule has 0 amide bonds. The van der Waals surface area contributed by atoms with Gasteiger partial charge in [-0.3, -0.25) is 4.31 Å². The highest BCUT2D eigenvalue weighted by atomic mass is 32.2. The van der Waals surface area contributed by atoms with Crippen molar-refractivity contribution < 1.29 is 8.42 Å². The highest BCUT2D eigenvalue weighted by molar-refractivity contribution is 7.92. The lowest BCUT2D eigenvalue weighted by Crippen LogP contribution is -2.28. The van der Waals surface area contributed by atoms with E-state index in [0.29, 0.717) is 5.69 Å². The van der Waals surface area contributed by atoms with Crippen molar-refractivity contribution >= 4 is 15.7 Å². The van der Waals surface area contributed by atoms with Crippen LogP contribution in [0, 0.1) is 11.3 Å². The summed E-state index contributed by atoms with van der Waals surface area (Å²) in [5.41, 5.74) is 1.72. The van der Waals surface area contributed by atoms with Gasteiger partial charge in [-0.2, -0.15) is 5.26 Å². The Bertz CT molecular complexity index is 486. The summed E-state index contributed by atoms with van der Waals surface area (Å²) in [6, 6.07) is 8.90. The van der Waals surface area contributed by atoms with E-state index in [1.807, 2.05) is 19.1 Å². The van der Waals surface area contributed by atoms with Gasteiger partial charge in [-0.15, -0.1) is 0 Å². The second-order valence-corrected chi connectivity index (χ2v) is 5.40. The molecule has 16 heavy (non-hydrogen) atoms. The highest BCUT2D eigenvalue weighted by Crippen LogP contribution is 2.17. The van der Waals surface area contributed by atoms with Crippen molar-refractivity contribution in [2.24, 2.45) is 0 Å². The molecule has 0 spiro atoms. The van der Waals surface area contributed by atoms with Crippen LogP contribution >= 0.6 is 0 Å². The van der Waals surface area contributed by atoms with E-state index in [0.717, 1.165) is 16.3 Å². The molecule has 0 N–H and O–H groups in total. The Morgan fingerprint density at radius 3 is 2.31 bits per heavy atom. The van der Waals surface area contributed by atoms with Gasteiger partial charge in [0.1, 0.15) is 0 Å². The van der Waals surface area contributed by atoms with Crippen LogP contribution in [-0.4, -0.2) is 21.2 Å². The summed E-state index contributed by atoms with van der Waals surface area (Å²) in [4.78, 5) is 0. The first-order valence-electron chi connectivity index (χ1n) is 4.93. The Labute approximate surface area is 96.2 Å². The van der Waals surface area contributed by atoms with Crippen molar-refractivity contribution in [3.63, 3.8) is 0 Å². The predicted octanol–water partition coefficient (Wildman–Crippen LogP) is 1.54. The molecule has 0 saturated carbocycles. The van der Waals surface area contributed by atoms with Crippen LogP contribution in [0.2, 0.25) is 0 Å². The summed E-state index contributed by atoms with van der Waals surface area (Å²) in [5, 5.41) is 8.42. The van der Waals surface area contributed by atoms with Gasteiger partial charge in [-0.05, 0) is 24.1 Å². The summed E-state index contributed by atoms with van der Waals surface area (Å²) in [6.07, 6.45) is 0.912. The Morgan fingerprint density at radius 2 is 1.88 bits per heavy atom. The molecule has 0 aliphatic carbocycles. The third-order valence-electron chi connectivity index (χ3n) is 2.37. The van der Waals surface area contributed by atoms with E-state index in [9.17, 15) is 8.42 Å². The molecule has 0 aliphatic heterocycles. The monoisotopic (exact) mass is 238 g/mol. The fourth-order valence-corrected chi connectivity index (χ4v) is 2.08. The lowest BCUT2D eigenvalue weighted by Gasteiger charge is -2.17. The van der Waals surface area contributed by atoms with Crippen molar-refractivity contribution in [1.82, 2.24) is 0 Å². The van der Waals surface area contributed by atoms with Gasteiger partial charge >= 0.3 is 0 Å². The summed E-state index contributed by atoms with van der Waals surface area (Å²) >= 11 is 0. The van der Waals surface area contributed by atoms with Gasteiger partial charge in [-0.25, -0.2) is 8.42 Å². The molecule has 5 heteroatoms. The molecule has 1 aromatic carbocycles. The van der Waals surface area contributed by atoms with E-state index in [-0.39, 0.29) is 0 Å². The summed E-state index contributed by atoms with van der Waals surface area (Å²) < 4.78 is 24.3. The second-order valence-electron chi connectivity index (χ2n) is 3.40. The van der Waals surface area contributed by atoms with E-state index in [4.69, 9.17) is 5.26 Å². The smallest absolute Gasteiger partial charge is 0.248 e. The summed E-state index contributed by atoms with van der Waals surface area (Å²) in [7, 11) is -2.06. The van der Waals surface area contributed by atoms with Crippen molar-refractivity contribution in [3.8, 4) is 6.07 Å². The Morgan fingerprint density at radius 1 is 1.31 bits per heavy atom. The molecule has 86 valence electrons. The third kappa shape index (κ3) is 2.74. The van der Waals surface area contributed by atoms with Crippen molar-refractivity contribution in [1.29, 1.82) is 5.26 Å². The standard InChI is InChI=1S/C11H14N2O2S/c1-3-10-4-6-11(7-5-10)13(2)16(14,15)9-8-12/h4-7H,3,9H2,1-2H3. The summed E-state index contributed by atoms with van der Waals surface area (Å²) in [6.45, 7) is 2.03. The van der Waals surface area contributed by atoms with Crippen LogP contribution in [0.25, 0.3) is 0 Å². The van der Waals surface area contributed by atoms with Gasteiger partial charge in [0.05, 0.1) is 11.8 Å². The van der Waals surface area contributed by atoms with Gasteiger partial charge in [0.2, 0.25) is 10.0 Å². The van der Waals surface area contributed by atoms with E-state index in [1.54, 1.807) is 18.2 Å². The van der Waals surface area contributed by atoms with Gasteiger partial charge in [-0.1, -0.05) is 19.1 Å². The zero-order valence-electron chi connectivity index (χ0n) is 9.34. The molecule has 0 unspecified atom stereocenters. The molecule has 1 rings (SSSR count). The minimum atomic E-state index is -3.51. The fourth-order valence-electron chi connectivity index (χ4n) is 1.28. The molecule has 0 aliphatic rings. The van der Waals surface area contributed by atoms with Crippen LogP contribution in [0.3, 0.4) is 0 Å². The Kier molecular flexibility index (Phi) is 3.91. The minimum Gasteiger partial charge on any atom is -0.272 e. The quantitative estimate of drug-likeness (QED) is 0.799. The van der Waals surface area contributed by atoms with Gasteiger partial charge in [0.25, 0.3) is 0 Å². The van der Waals surface area contributed by atoms with E-state index in [1.165, 1.54) is 7.05 Å². The summed E-state index contributed by atoms with van der Waals surface area (Å²) in [5.74, 6) is -0.501. The van der Waals surface area contributed by atoms with E-state index in [2.05, 4.69) is 0 Å². The van der Waals surface area contributed by atoms with Gasteiger partial charge in [0, 0.05) is 7.05 Å². The fraction of sp³-hybridized carbons (Fsp3) is 0.364. The number of anilines is 1. The van der Waals surface area contributed by atoms with E-state index >= 15 is 0 Å². The number of aryl methyl sites for hydroxylation is 1. The molecule has 0 radical (unpaired) electrons. The highest BCUT2D eigenvalue weighted by Gasteiger charge is 2.17. The molecule has 0 atom stereocenters. The number of rotatable bonds is 4. The zero-order chi connectivity index (χ0) is 12.2. The Balaban J connectivity index is 2.97. The number of nitriles is 1. The van der Waals surface area contributed by atoms with Crippen molar-refractivity contribution in [2.75, 3.05) is 17.1 Å². The number of benzene rings is 1. The normalized spacial score (nSPS) is 10.8. The van der Waals surface area contributed by atoms with E-state index < -0.39 is 15.8 Å².